The van der Waals surface area contributed by atoms with E-state index in [1.807, 2.05) is 30.3 Å². The first-order valence-electron chi connectivity index (χ1n) is 3.90. The molecule has 13 heavy (non-hydrogen) atoms. The summed E-state index contributed by atoms with van der Waals surface area (Å²) in [7, 11) is 0. The Morgan fingerprint density at radius 1 is 1.00 bits per heavy atom. The van der Waals surface area contributed by atoms with Gasteiger partial charge in [0.05, 0.1) is 6.33 Å². The van der Waals surface area contributed by atoms with Gasteiger partial charge in [0.2, 0.25) is 0 Å². The zero-order valence-electron chi connectivity index (χ0n) is 7.49. The lowest BCUT2D eigenvalue weighted by Gasteiger charge is -1.85. The minimum atomic E-state index is 0.537. The van der Waals surface area contributed by atoms with E-state index in [-0.39, 0.29) is 0 Å². The Labute approximate surface area is 78.7 Å². The van der Waals surface area contributed by atoms with Crippen molar-refractivity contribution >= 4 is 6.08 Å². The lowest BCUT2D eigenvalue weighted by Crippen LogP contribution is -1.65. The van der Waals surface area contributed by atoms with Gasteiger partial charge in [0.1, 0.15) is 0 Å². The maximum Gasteiger partial charge on any atom is 0.0872 e. The van der Waals surface area contributed by atoms with Gasteiger partial charge in [0.25, 0.3) is 0 Å². The number of allylic oxidation sites excluding steroid dienone is 2. The summed E-state index contributed by atoms with van der Waals surface area (Å²) in [6.07, 6.45) is 5.23. The summed E-state index contributed by atoms with van der Waals surface area (Å²) in [6, 6.07) is 9.33. The first-order valence-corrected chi connectivity index (χ1v) is 3.90. The largest absolute Gasteiger partial charge is 0.216 e. The van der Waals surface area contributed by atoms with Crippen molar-refractivity contribution in [3.8, 4) is 0 Å². The molecule has 0 amide bonds. The molecule has 0 aromatic heterocycles. The van der Waals surface area contributed by atoms with Gasteiger partial charge in [-0.2, -0.15) is 0 Å². The third-order valence-electron chi connectivity index (χ3n) is 1.22. The van der Waals surface area contributed by atoms with Crippen LogP contribution >= 0.6 is 0 Å². The zero-order chi connectivity index (χ0) is 9.94. The first kappa shape index (κ1) is 11.4. The van der Waals surface area contributed by atoms with E-state index in [4.69, 9.17) is 0 Å². The molecule has 0 aliphatic carbocycles. The summed E-state index contributed by atoms with van der Waals surface area (Å²) in [6.45, 7) is 6.72. The van der Waals surface area contributed by atoms with Gasteiger partial charge in [0, 0.05) is 0 Å². The summed E-state index contributed by atoms with van der Waals surface area (Å²) in [5.74, 6) is 0. The zero-order valence-corrected chi connectivity index (χ0v) is 7.49. The van der Waals surface area contributed by atoms with Crippen molar-refractivity contribution in [3.63, 3.8) is 0 Å². The molecule has 1 aromatic carbocycles. The molecular formula is C12H13F. The lowest BCUT2D eigenvalue weighted by molar-refractivity contribution is 0.727. The van der Waals surface area contributed by atoms with Gasteiger partial charge in [-0.1, -0.05) is 55.6 Å². The molecule has 0 bridgehead atoms. The van der Waals surface area contributed by atoms with E-state index >= 15 is 0 Å². The normalized spacial score (nSPS) is 8.69. The summed E-state index contributed by atoms with van der Waals surface area (Å²) in [5, 5.41) is 0. The molecule has 0 heterocycles. The Bertz CT molecular complexity index is 254. The lowest BCUT2D eigenvalue weighted by atomic mass is 10.2. The van der Waals surface area contributed by atoms with Crippen molar-refractivity contribution < 1.29 is 4.39 Å². The molecule has 0 fully saturated rings. The number of halogens is 1. The molecular weight excluding hydrogens is 163 g/mol. The standard InChI is InChI=1S/C8H7F.C4H6/c9-7-6-8-4-2-1-3-5-8;1-3-4-2/h1-7H;3-4H,1-2H2. The molecule has 1 heteroatoms. The van der Waals surface area contributed by atoms with Crippen LogP contribution in [-0.2, 0) is 0 Å². The van der Waals surface area contributed by atoms with E-state index in [2.05, 4.69) is 13.2 Å². The minimum Gasteiger partial charge on any atom is -0.216 e. The molecule has 0 aliphatic heterocycles. The Morgan fingerprint density at radius 2 is 1.54 bits per heavy atom. The highest BCUT2D eigenvalue weighted by atomic mass is 19.1. The van der Waals surface area contributed by atoms with Crippen LogP contribution in [0.15, 0.2) is 62.0 Å². The van der Waals surface area contributed by atoms with E-state index < -0.39 is 0 Å². The number of hydrogen-bond donors (Lipinski definition) is 0. The summed E-state index contributed by atoms with van der Waals surface area (Å²) < 4.78 is 11.5. The van der Waals surface area contributed by atoms with Crippen LogP contribution in [0.25, 0.3) is 6.08 Å². The average molecular weight is 176 g/mol. The first-order chi connectivity index (χ1) is 6.35. The van der Waals surface area contributed by atoms with Gasteiger partial charge in [-0.25, -0.2) is 4.39 Å². The van der Waals surface area contributed by atoms with Crippen LogP contribution in [0.1, 0.15) is 5.56 Å². The Hall–Kier alpha value is -1.63. The Balaban J connectivity index is 0.000000310. The number of hydrogen-bond acceptors (Lipinski definition) is 0. The second kappa shape index (κ2) is 8.47. The summed E-state index contributed by atoms with van der Waals surface area (Å²) >= 11 is 0. The van der Waals surface area contributed by atoms with Crippen molar-refractivity contribution in [1.29, 1.82) is 0 Å². The number of benzene rings is 1. The fourth-order valence-corrected chi connectivity index (χ4v) is 0.637. The predicted octanol–water partition coefficient (Wildman–Crippen LogP) is 3.99. The van der Waals surface area contributed by atoms with Crippen LogP contribution in [0.5, 0.6) is 0 Å². The Morgan fingerprint density at radius 3 is 1.92 bits per heavy atom. The van der Waals surface area contributed by atoms with E-state index in [1.54, 1.807) is 12.2 Å². The smallest absolute Gasteiger partial charge is 0.0872 e. The SMILES string of the molecule is C=CC=C.FC=Cc1ccccc1. The fourth-order valence-electron chi connectivity index (χ4n) is 0.637. The van der Waals surface area contributed by atoms with Gasteiger partial charge in [0.15, 0.2) is 0 Å². The molecule has 0 spiro atoms. The van der Waals surface area contributed by atoms with Gasteiger partial charge in [-0.05, 0) is 11.6 Å². The van der Waals surface area contributed by atoms with E-state index in [9.17, 15) is 4.39 Å². The third kappa shape index (κ3) is 6.76. The van der Waals surface area contributed by atoms with Crippen LogP contribution in [0, 0.1) is 0 Å². The molecule has 0 saturated heterocycles. The van der Waals surface area contributed by atoms with Crippen molar-refractivity contribution in [2.75, 3.05) is 0 Å². The maximum absolute atomic E-state index is 11.5. The van der Waals surface area contributed by atoms with Gasteiger partial charge in [-0.15, -0.1) is 0 Å². The highest BCUT2D eigenvalue weighted by Crippen LogP contribution is 1.99. The quantitative estimate of drug-likeness (QED) is 0.598. The van der Waals surface area contributed by atoms with Crippen molar-refractivity contribution in [2.24, 2.45) is 0 Å². The molecule has 1 rings (SSSR count). The van der Waals surface area contributed by atoms with Crippen LogP contribution in [0.4, 0.5) is 4.39 Å². The van der Waals surface area contributed by atoms with Crippen LogP contribution < -0.4 is 0 Å². The monoisotopic (exact) mass is 176 g/mol. The second-order valence-corrected chi connectivity index (χ2v) is 2.17. The molecule has 0 N–H and O–H groups in total. The van der Waals surface area contributed by atoms with Crippen molar-refractivity contribution in [1.82, 2.24) is 0 Å². The summed E-state index contributed by atoms with van der Waals surface area (Å²) in [4.78, 5) is 0. The highest BCUT2D eigenvalue weighted by Gasteiger charge is 1.78. The van der Waals surface area contributed by atoms with Gasteiger partial charge < -0.3 is 0 Å². The molecule has 0 unspecified atom stereocenters. The molecule has 0 saturated carbocycles. The maximum atomic E-state index is 11.5. The molecule has 68 valence electrons. The molecule has 0 aliphatic rings. The van der Waals surface area contributed by atoms with Crippen LogP contribution in [0.2, 0.25) is 0 Å². The Kier molecular flexibility index (Phi) is 7.40. The average Bonchev–Trinajstić information content (AvgIpc) is 2.20. The highest BCUT2D eigenvalue weighted by molar-refractivity contribution is 5.47. The van der Waals surface area contributed by atoms with Crippen LogP contribution in [-0.4, -0.2) is 0 Å². The second-order valence-electron chi connectivity index (χ2n) is 2.17. The van der Waals surface area contributed by atoms with E-state index in [0.717, 1.165) is 5.56 Å². The van der Waals surface area contributed by atoms with Gasteiger partial charge >= 0.3 is 0 Å². The van der Waals surface area contributed by atoms with E-state index in [1.165, 1.54) is 6.08 Å². The van der Waals surface area contributed by atoms with Crippen molar-refractivity contribution in [3.05, 3.63) is 67.5 Å². The molecule has 1 aromatic rings. The van der Waals surface area contributed by atoms with Crippen LogP contribution in [0.3, 0.4) is 0 Å². The van der Waals surface area contributed by atoms with Gasteiger partial charge in [-0.3, -0.25) is 0 Å². The molecule has 0 nitrogen and oxygen atoms in total. The molecule has 0 radical (unpaired) electrons. The number of rotatable bonds is 2. The minimum absolute atomic E-state index is 0.537. The molecule has 0 atom stereocenters. The predicted molar refractivity (Wildman–Crippen MR) is 57.0 cm³/mol. The van der Waals surface area contributed by atoms with Crippen molar-refractivity contribution in [2.45, 2.75) is 0 Å². The third-order valence-corrected chi connectivity index (χ3v) is 1.22. The summed E-state index contributed by atoms with van der Waals surface area (Å²) in [5.41, 5.74) is 0.889. The fraction of sp³-hybridized carbons (Fsp3) is 0. The van der Waals surface area contributed by atoms with E-state index in [0.29, 0.717) is 6.33 Å². The topological polar surface area (TPSA) is 0 Å².